The van der Waals surface area contributed by atoms with Crippen LogP contribution in [0, 0.1) is 6.92 Å². The first-order chi connectivity index (χ1) is 15.5. The molecule has 32 heavy (non-hydrogen) atoms. The normalized spacial score (nSPS) is 10.7. The first-order valence-electron chi connectivity index (χ1n) is 9.85. The third-order valence-corrected chi connectivity index (χ3v) is 6.57. The van der Waals surface area contributed by atoms with Crippen LogP contribution in [0.3, 0.4) is 0 Å². The lowest BCUT2D eigenvalue weighted by Gasteiger charge is -2.07. The van der Waals surface area contributed by atoms with Gasteiger partial charge in [-0.15, -0.1) is 11.8 Å². The maximum atomic E-state index is 12.4. The van der Waals surface area contributed by atoms with Crippen LogP contribution >= 0.6 is 23.1 Å². The van der Waals surface area contributed by atoms with Crippen molar-refractivity contribution in [3.8, 4) is 5.75 Å². The Balaban J connectivity index is 1.29. The van der Waals surface area contributed by atoms with E-state index < -0.39 is 0 Å². The monoisotopic (exact) mass is 463 g/mol. The van der Waals surface area contributed by atoms with E-state index in [4.69, 9.17) is 4.74 Å². The van der Waals surface area contributed by atoms with Crippen LogP contribution < -0.4 is 15.4 Å². The number of carbonyl (C=O) groups excluding carboxylic acids is 2. The number of methoxy groups -OCH3 is 1. The quantitative estimate of drug-likeness (QED) is 0.349. The third-order valence-electron chi connectivity index (χ3n) is 4.62. The Bertz CT molecular complexity index is 1250. The number of nitrogens with one attached hydrogen (secondary N) is 2. The maximum absolute atomic E-state index is 12.4. The van der Waals surface area contributed by atoms with Crippen LogP contribution in [0.2, 0.25) is 0 Å². The molecule has 4 rings (SSSR count). The van der Waals surface area contributed by atoms with Crippen LogP contribution in [0.15, 0.2) is 71.6 Å². The molecular weight excluding hydrogens is 442 g/mol. The van der Waals surface area contributed by atoms with Gasteiger partial charge in [0.05, 0.1) is 23.1 Å². The highest BCUT2D eigenvalue weighted by Crippen LogP contribution is 2.27. The number of aromatic nitrogens is 1. The molecule has 0 saturated heterocycles. The number of aryl methyl sites for hydroxylation is 1. The summed E-state index contributed by atoms with van der Waals surface area (Å²) in [6.45, 7) is 2.03. The van der Waals surface area contributed by atoms with Crippen LogP contribution in [0.25, 0.3) is 10.2 Å². The second-order valence-corrected chi connectivity index (χ2v) is 9.11. The fourth-order valence-electron chi connectivity index (χ4n) is 2.97. The highest BCUT2D eigenvalue weighted by atomic mass is 32.2. The number of thioether (sulfide) groups is 1. The van der Waals surface area contributed by atoms with Crippen molar-refractivity contribution in [2.75, 3.05) is 23.5 Å². The van der Waals surface area contributed by atoms with Crippen molar-refractivity contribution in [1.29, 1.82) is 0 Å². The van der Waals surface area contributed by atoms with Gasteiger partial charge in [0.2, 0.25) is 5.91 Å². The van der Waals surface area contributed by atoms with Crippen LogP contribution in [0.4, 0.5) is 10.8 Å². The fourth-order valence-corrected chi connectivity index (χ4v) is 4.65. The van der Waals surface area contributed by atoms with Gasteiger partial charge in [-0.05, 0) is 73.2 Å². The van der Waals surface area contributed by atoms with Crippen LogP contribution in [-0.2, 0) is 4.79 Å². The Kier molecular flexibility index (Phi) is 6.72. The lowest BCUT2D eigenvalue weighted by molar-refractivity contribution is -0.113. The number of fused-ring (bicyclic) bond motifs is 1. The third kappa shape index (κ3) is 5.46. The van der Waals surface area contributed by atoms with Gasteiger partial charge < -0.3 is 15.4 Å². The predicted molar refractivity (Wildman–Crippen MR) is 131 cm³/mol. The number of amides is 2. The van der Waals surface area contributed by atoms with Gasteiger partial charge in [-0.3, -0.25) is 9.59 Å². The summed E-state index contributed by atoms with van der Waals surface area (Å²) < 4.78 is 6.16. The summed E-state index contributed by atoms with van der Waals surface area (Å²) in [4.78, 5) is 30.1. The molecule has 0 aliphatic heterocycles. The summed E-state index contributed by atoms with van der Waals surface area (Å²) in [5.41, 5.74) is 3.28. The molecule has 0 aliphatic carbocycles. The molecule has 0 aliphatic rings. The molecule has 8 heteroatoms. The second kappa shape index (κ2) is 9.84. The van der Waals surface area contributed by atoms with Gasteiger partial charge >= 0.3 is 0 Å². The minimum atomic E-state index is -0.196. The van der Waals surface area contributed by atoms with E-state index in [1.165, 1.54) is 28.7 Å². The van der Waals surface area contributed by atoms with Crippen molar-refractivity contribution in [2.45, 2.75) is 11.8 Å². The fraction of sp³-hybridized carbons (Fsp3) is 0.125. The molecule has 4 aromatic rings. The highest BCUT2D eigenvalue weighted by molar-refractivity contribution is 8.00. The first kappa shape index (κ1) is 21.9. The molecule has 1 heterocycles. The number of hydrogen-bond donors (Lipinski definition) is 2. The molecule has 6 nitrogen and oxygen atoms in total. The van der Waals surface area contributed by atoms with Gasteiger partial charge in [0.25, 0.3) is 5.91 Å². The second-order valence-electron chi connectivity index (χ2n) is 7.03. The lowest BCUT2D eigenvalue weighted by atomic mass is 10.2. The molecule has 0 fully saturated rings. The Morgan fingerprint density at radius 1 is 1.00 bits per heavy atom. The largest absolute Gasteiger partial charge is 0.497 e. The number of nitrogens with zero attached hydrogens (tertiary/aromatic N) is 1. The van der Waals surface area contributed by atoms with Crippen LogP contribution in [0.1, 0.15) is 15.9 Å². The van der Waals surface area contributed by atoms with E-state index >= 15 is 0 Å². The molecule has 3 aromatic carbocycles. The van der Waals surface area contributed by atoms with E-state index in [-0.39, 0.29) is 17.6 Å². The summed E-state index contributed by atoms with van der Waals surface area (Å²) in [5, 5.41) is 6.33. The minimum absolute atomic E-state index is 0.109. The van der Waals surface area contributed by atoms with Gasteiger partial charge in [-0.2, -0.15) is 0 Å². The maximum Gasteiger partial charge on any atom is 0.255 e. The number of ether oxygens (including phenoxy) is 1. The molecule has 2 amide bonds. The summed E-state index contributed by atoms with van der Waals surface area (Å²) in [5.74, 6) is 0.665. The standard InChI is InChI=1S/C24H21N3O3S2/c1-15-3-12-20-21(13-15)32-24(26-20)27-22(28)14-31-19-10-6-17(7-11-19)25-23(29)16-4-8-18(30-2)9-5-16/h3-13H,14H2,1-2H3,(H,25,29)(H,26,27,28). The number of carbonyl (C=O) groups is 2. The molecule has 0 bridgehead atoms. The van der Waals surface area contributed by atoms with Gasteiger partial charge in [-0.25, -0.2) is 4.98 Å². The zero-order valence-corrected chi connectivity index (χ0v) is 19.2. The summed E-state index contributed by atoms with van der Waals surface area (Å²) in [6, 6.07) is 20.3. The van der Waals surface area contributed by atoms with Crippen molar-refractivity contribution < 1.29 is 14.3 Å². The zero-order valence-electron chi connectivity index (χ0n) is 17.5. The average molecular weight is 464 g/mol. The molecule has 1 aromatic heterocycles. The van der Waals surface area contributed by atoms with Gasteiger partial charge in [0, 0.05) is 16.1 Å². The smallest absolute Gasteiger partial charge is 0.255 e. The van der Waals surface area contributed by atoms with Crippen molar-refractivity contribution >= 4 is 55.9 Å². The van der Waals surface area contributed by atoms with Gasteiger partial charge in [-0.1, -0.05) is 17.4 Å². The Hall–Kier alpha value is -3.36. The van der Waals surface area contributed by atoms with Crippen molar-refractivity contribution in [1.82, 2.24) is 4.98 Å². The van der Waals surface area contributed by atoms with E-state index in [1.54, 1.807) is 31.4 Å². The Labute approximate surface area is 194 Å². The van der Waals surface area contributed by atoms with E-state index in [1.807, 2.05) is 43.3 Å². The van der Waals surface area contributed by atoms with Crippen molar-refractivity contribution in [3.63, 3.8) is 0 Å². The van der Waals surface area contributed by atoms with Gasteiger partial charge in [0.1, 0.15) is 5.75 Å². The zero-order chi connectivity index (χ0) is 22.5. The molecule has 0 spiro atoms. The molecule has 162 valence electrons. The van der Waals surface area contributed by atoms with E-state index in [0.717, 1.165) is 15.1 Å². The lowest BCUT2D eigenvalue weighted by Crippen LogP contribution is -2.13. The average Bonchev–Trinajstić information content (AvgIpc) is 3.19. The van der Waals surface area contributed by atoms with Crippen molar-refractivity contribution in [2.24, 2.45) is 0 Å². The number of hydrogen-bond acceptors (Lipinski definition) is 6. The number of rotatable bonds is 7. The minimum Gasteiger partial charge on any atom is -0.497 e. The van der Waals surface area contributed by atoms with Crippen LogP contribution in [0.5, 0.6) is 5.75 Å². The number of thiazole rings is 1. The van der Waals surface area contributed by atoms with E-state index in [9.17, 15) is 9.59 Å². The Morgan fingerprint density at radius 3 is 2.47 bits per heavy atom. The van der Waals surface area contributed by atoms with Gasteiger partial charge in [0.15, 0.2) is 5.13 Å². The van der Waals surface area contributed by atoms with Crippen LogP contribution in [-0.4, -0.2) is 29.7 Å². The molecular formula is C24H21N3O3S2. The Morgan fingerprint density at radius 2 is 1.75 bits per heavy atom. The molecule has 0 saturated carbocycles. The first-order valence-corrected chi connectivity index (χ1v) is 11.7. The summed E-state index contributed by atoms with van der Waals surface area (Å²) in [7, 11) is 1.58. The predicted octanol–water partition coefficient (Wildman–Crippen LogP) is 5.60. The highest BCUT2D eigenvalue weighted by Gasteiger charge is 2.10. The SMILES string of the molecule is COc1ccc(C(=O)Nc2ccc(SCC(=O)Nc3nc4ccc(C)cc4s3)cc2)cc1. The molecule has 0 unspecified atom stereocenters. The summed E-state index contributed by atoms with van der Waals surface area (Å²) in [6.07, 6.45) is 0. The van der Waals surface area contributed by atoms with E-state index in [2.05, 4.69) is 21.7 Å². The topological polar surface area (TPSA) is 80.3 Å². The van der Waals surface area contributed by atoms with Crippen molar-refractivity contribution in [3.05, 3.63) is 77.9 Å². The molecule has 0 radical (unpaired) electrons. The number of benzene rings is 3. The summed E-state index contributed by atoms with van der Waals surface area (Å²) >= 11 is 2.89. The molecule has 2 N–H and O–H groups in total. The van der Waals surface area contributed by atoms with E-state index in [0.29, 0.717) is 22.1 Å². The molecule has 0 atom stereocenters. The number of anilines is 2.